The second-order valence-corrected chi connectivity index (χ2v) is 4.52. The van der Waals surface area contributed by atoms with Crippen LogP contribution in [0.2, 0.25) is 0 Å². The third-order valence-electron chi connectivity index (χ3n) is 3.03. The molecule has 0 aliphatic heterocycles. The normalized spacial score (nSPS) is 10.9. The van der Waals surface area contributed by atoms with Crippen molar-refractivity contribution in [2.75, 3.05) is 19.0 Å². The molecular formula is C18H19NO3. The molecule has 0 aliphatic rings. The van der Waals surface area contributed by atoms with E-state index in [1.165, 1.54) is 0 Å². The fourth-order valence-electron chi connectivity index (χ4n) is 1.95. The Labute approximate surface area is 130 Å². The zero-order chi connectivity index (χ0) is 15.8. The second-order valence-electron chi connectivity index (χ2n) is 4.52. The third-order valence-corrected chi connectivity index (χ3v) is 3.03. The number of methoxy groups -OCH3 is 1. The van der Waals surface area contributed by atoms with Gasteiger partial charge in [-0.2, -0.15) is 0 Å². The molecule has 0 aliphatic carbocycles. The Morgan fingerprint density at radius 1 is 1.14 bits per heavy atom. The Bertz CT molecular complexity index is 650. The quantitative estimate of drug-likeness (QED) is 0.652. The van der Waals surface area contributed by atoms with Crippen molar-refractivity contribution in [1.82, 2.24) is 0 Å². The zero-order valence-corrected chi connectivity index (χ0v) is 12.7. The Kier molecular flexibility index (Phi) is 5.60. The van der Waals surface area contributed by atoms with Gasteiger partial charge in [0.2, 0.25) is 0 Å². The van der Waals surface area contributed by atoms with Crippen molar-refractivity contribution in [1.29, 1.82) is 0 Å². The van der Waals surface area contributed by atoms with Gasteiger partial charge >= 0.3 is 5.97 Å². The number of rotatable bonds is 6. The molecule has 2 aromatic rings. The first-order chi connectivity index (χ1) is 10.7. The molecule has 2 aromatic carbocycles. The van der Waals surface area contributed by atoms with Crippen molar-refractivity contribution in [3.8, 4) is 5.75 Å². The highest BCUT2D eigenvalue weighted by Gasteiger charge is 2.14. The van der Waals surface area contributed by atoms with Crippen LogP contribution in [0, 0.1) is 0 Å². The molecule has 0 atom stereocenters. The van der Waals surface area contributed by atoms with Crippen LogP contribution < -0.4 is 10.1 Å². The number of nitrogens with one attached hydrogen (secondary N) is 1. The maximum absolute atomic E-state index is 12.2. The molecule has 22 heavy (non-hydrogen) atoms. The number of para-hydroxylation sites is 1. The lowest BCUT2D eigenvalue weighted by atomic mass is 10.1. The molecule has 114 valence electrons. The molecule has 4 heteroatoms. The predicted molar refractivity (Wildman–Crippen MR) is 87.7 cm³/mol. The third kappa shape index (κ3) is 4.12. The van der Waals surface area contributed by atoms with Crippen LogP contribution in [0.3, 0.4) is 0 Å². The molecule has 0 amide bonds. The number of ether oxygens (including phenoxy) is 2. The highest BCUT2D eigenvalue weighted by Crippen LogP contribution is 2.21. The van der Waals surface area contributed by atoms with E-state index in [1.54, 1.807) is 26.3 Å². The summed E-state index contributed by atoms with van der Waals surface area (Å²) in [6.07, 6.45) is 1.65. The van der Waals surface area contributed by atoms with Gasteiger partial charge in [-0.15, -0.1) is 0 Å². The first-order valence-electron chi connectivity index (χ1n) is 7.08. The molecule has 0 unspecified atom stereocenters. The van der Waals surface area contributed by atoms with Gasteiger partial charge in [0.25, 0.3) is 0 Å². The summed E-state index contributed by atoms with van der Waals surface area (Å²) < 4.78 is 10.3. The Hall–Kier alpha value is -2.75. The fraction of sp³-hybridized carbons (Fsp3) is 0.167. The molecule has 0 saturated heterocycles. The minimum absolute atomic E-state index is 0.325. The molecule has 0 radical (unpaired) electrons. The molecule has 4 nitrogen and oxygen atoms in total. The summed E-state index contributed by atoms with van der Waals surface area (Å²) in [5.74, 6) is 0.312. The van der Waals surface area contributed by atoms with E-state index in [0.29, 0.717) is 17.9 Å². The molecule has 0 heterocycles. The van der Waals surface area contributed by atoms with Crippen LogP contribution in [0.5, 0.6) is 5.75 Å². The molecule has 0 spiro atoms. The summed E-state index contributed by atoms with van der Waals surface area (Å²) in [4.78, 5) is 12.2. The molecule has 0 bridgehead atoms. The van der Waals surface area contributed by atoms with Gasteiger partial charge in [-0.05, 0) is 36.8 Å². The van der Waals surface area contributed by atoms with E-state index in [4.69, 9.17) is 9.47 Å². The van der Waals surface area contributed by atoms with Crippen LogP contribution in [-0.4, -0.2) is 19.7 Å². The van der Waals surface area contributed by atoms with Gasteiger partial charge in [-0.25, -0.2) is 4.79 Å². The Morgan fingerprint density at radius 3 is 2.59 bits per heavy atom. The van der Waals surface area contributed by atoms with Gasteiger partial charge in [0.15, 0.2) is 0 Å². The van der Waals surface area contributed by atoms with E-state index in [0.717, 1.165) is 11.3 Å². The number of esters is 1. The minimum atomic E-state index is -0.376. The van der Waals surface area contributed by atoms with Gasteiger partial charge in [0.05, 0.1) is 19.3 Å². The molecule has 1 N–H and O–H groups in total. The lowest BCUT2D eigenvalue weighted by Crippen LogP contribution is -2.08. The SMILES string of the molecule is CCOC(=O)/C(=C/Nc1ccccc1)c1cccc(OC)c1. The maximum atomic E-state index is 12.2. The van der Waals surface area contributed by atoms with E-state index in [9.17, 15) is 4.79 Å². The first-order valence-corrected chi connectivity index (χ1v) is 7.08. The van der Waals surface area contributed by atoms with Gasteiger partial charge in [0, 0.05) is 11.9 Å². The van der Waals surface area contributed by atoms with Crippen LogP contribution in [0.15, 0.2) is 60.8 Å². The molecule has 0 fully saturated rings. The largest absolute Gasteiger partial charge is 0.497 e. The number of hydrogen-bond acceptors (Lipinski definition) is 4. The smallest absolute Gasteiger partial charge is 0.340 e. The number of carbonyl (C=O) groups excluding carboxylic acids is 1. The standard InChI is InChI=1S/C18H19NO3/c1-3-22-18(20)17(13-19-15-9-5-4-6-10-15)14-8-7-11-16(12-14)21-2/h4-13,19H,3H2,1-2H3/b17-13+. The number of hydrogen-bond donors (Lipinski definition) is 1. The topological polar surface area (TPSA) is 47.6 Å². The molecule has 0 aromatic heterocycles. The lowest BCUT2D eigenvalue weighted by molar-refractivity contribution is -0.136. The van der Waals surface area contributed by atoms with Crippen molar-refractivity contribution in [2.45, 2.75) is 6.92 Å². The number of anilines is 1. The number of benzene rings is 2. The van der Waals surface area contributed by atoms with Gasteiger partial charge in [0.1, 0.15) is 5.75 Å². The molecule has 2 rings (SSSR count). The monoisotopic (exact) mass is 297 g/mol. The van der Waals surface area contributed by atoms with E-state index in [-0.39, 0.29) is 5.97 Å². The molecular weight excluding hydrogens is 278 g/mol. The van der Waals surface area contributed by atoms with E-state index in [2.05, 4.69) is 5.32 Å². The Morgan fingerprint density at radius 2 is 1.91 bits per heavy atom. The summed E-state index contributed by atoms with van der Waals surface area (Å²) >= 11 is 0. The average molecular weight is 297 g/mol. The van der Waals surface area contributed by atoms with Crippen LogP contribution in [0.1, 0.15) is 12.5 Å². The van der Waals surface area contributed by atoms with E-state index in [1.807, 2.05) is 48.5 Å². The van der Waals surface area contributed by atoms with Crippen LogP contribution >= 0.6 is 0 Å². The van der Waals surface area contributed by atoms with Gasteiger partial charge in [-0.1, -0.05) is 30.3 Å². The summed E-state index contributed by atoms with van der Waals surface area (Å²) in [6.45, 7) is 2.11. The predicted octanol–water partition coefficient (Wildman–Crippen LogP) is 3.71. The average Bonchev–Trinajstić information content (AvgIpc) is 2.56. The maximum Gasteiger partial charge on any atom is 0.340 e. The van der Waals surface area contributed by atoms with E-state index < -0.39 is 0 Å². The fourth-order valence-corrected chi connectivity index (χ4v) is 1.95. The number of carbonyl (C=O) groups is 1. The minimum Gasteiger partial charge on any atom is -0.497 e. The van der Waals surface area contributed by atoms with Crippen molar-refractivity contribution >= 4 is 17.2 Å². The summed E-state index contributed by atoms with van der Waals surface area (Å²) in [6, 6.07) is 16.9. The highest BCUT2D eigenvalue weighted by atomic mass is 16.5. The van der Waals surface area contributed by atoms with Crippen molar-refractivity contribution in [3.63, 3.8) is 0 Å². The lowest BCUT2D eigenvalue weighted by Gasteiger charge is -2.10. The van der Waals surface area contributed by atoms with Crippen LogP contribution in [0.25, 0.3) is 5.57 Å². The van der Waals surface area contributed by atoms with Crippen LogP contribution in [0.4, 0.5) is 5.69 Å². The summed E-state index contributed by atoms with van der Waals surface area (Å²) in [5.41, 5.74) is 2.08. The Balaban J connectivity index is 2.31. The van der Waals surface area contributed by atoms with Crippen molar-refractivity contribution in [2.24, 2.45) is 0 Å². The zero-order valence-electron chi connectivity index (χ0n) is 12.7. The van der Waals surface area contributed by atoms with Crippen molar-refractivity contribution < 1.29 is 14.3 Å². The van der Waals surface area contributed by atoms with Crippen molar-refractivity contribution in [3.05, 3.63) is 66.4 Å². The van der Waals surface area contributed by atoms with Gasteiger partial charge in [-0.3, -0.25) is 0 Å². The van der Waals surface area contributed by atoms with E-state index >= 15 is 0 Å². The van der Waals surface area contributed by atoms with Gasteiger partial charge < -0.3 is 14.8 Å². The first kappa shape index (κ1) is 15.6. The second kappa shape index (κ2) is 7.88. The highest BCUT2D eigenvalue weighted by molar-refractivity contribution is 6.16. The summed E-state index contributed by atoms with van der Waals surface area (Å²) in [5, 5.41) is 3.12. The van der Waals surface area contributed by atoms with Crippen LogP contribution in [-0.2, 0) is 9.53 Å². The summed E-state index contributed by atoms with van der Waals surface area (Å²) in [7, 11) is 1.59. The molecule has 0 saturated carbocycles.